The molecule has 30 valence electrons. The summed E-state index contributed by atoms with van der Waals surface area (Å²) in [5.41, 5.74) is 0. The Morgan fingerprint density at radius 3 is 1.67 bits per heavy atom. The van der Waals surface area contributed by atoms with Crippen molar-refractivity contribution in [1.29, 1.82) is 0 Å². The molecule has 0 aliphatic heterocycles. The van der Waals surface area contributed by atoms with Crippen LogP contribution >= 0.6 is 9.07 Å². The predicted octanol–water partition coefficient (Wildman–Crippen LogP) is 1.02. The molecule has 6 heavy (non-hydrogen) atoms. The van der Waals surface area contributed by atoms with Crippen molar-refractivity contribution >= 4 is 47.2 Å². The van der Waals surface area contributed by atoms with Crippen LogP contribution < -0.4 is 0 Å². The van der Waals surface area contributed by atoms with Crippen molar-refractivity contribution in [3.8, 4) is 0 Å². The topological polar surface area (TPSA) is 0 Å². The SMILES string of the molecule is C[CH](C)[Mg][Cl].[LiH]. The second-order valence-electron chi connectivity index (χ2n) is 1.55. The molecule has 0 N–H and O–H groups in total. The molecule has 0 aliphatic carbocycles. The van der Waals surface area contributed by atoms with Crippen LogP contribution in [0.2, 0.25) is 4.05 Å². The van der Waals surface area contributed by atoms with Crippen LogP contribution in [0.4, 0.5) is 0 Å². The number of halogens is 1. The molecule has 0 atom stereocenters. The molecule has 0 aromatic rings. The van der Waals surface area contributed by atoms with E-state index in [1.165, 1.54) is 0 Å². The molecule has 0 rings (SSSR count). The second kappa shape index (κ2) is 6.65. The van der Waals surface area contributed by atoms with Crippen LogP contribution in [0.25, 0.3) is 0 Å². The first-order chi connectivity index (χ1) is 2.27. The standard InChI is InChI=1S/C3H7.ClH.Li.Mg.H/c1-3-2;;;;/h3H,1-2H3;1H;;;/q;;;+1;/p-1. The van der Waals surface area contributed by atoms with Gasteiger partial charge in [-0.2, -0.15) is 0 Å². The van der Waals surface area contributed by atoms with Crippen molar-refractivity contribution in [2.24, 2.45) is 0 Å². The second-order valence-corrected chi connectivity index (χ2v) is 4.42. The zero-order chi connectivity index (χ0) is 4.28. The minimum atomic E-state index is -0.179. The normalized spacial score (nSPS) is 6.67. The Morgan fingerprint density at radius 1 is 1.50 bits per heavy atom. The van der Waals surface area contributed by atoms with Gasteiger partial charge >= 0.3 is 38.1 Å². The van der Waals surface area contributed by atoms with Crippen LogP contribution in [0.1, 0.15) is 13.8 Å². The third-order valence-electron chi connectivity index (χ3n) is 0.309. The fraction of sp³-hybridized carbons (Fsp3) is 1.00. The van der Waals surface area contributed by atoms with Gasteiger partial charge in [0.1, 0.15) is 0 Å². The summed E-state index contributed by atoms with van der Waals surface area (Å²) >= 11 is -0.179. The summed E-state index contributed by atoms with van der Waals surface area (Å²) in [6, 6.07) is 0. The minimum absolute atomic E-state index is 0. The van der Waals surface area contributed by atoms with Gasteiger partial charge in [0.2, 0.25) is 0 Å². The Balaban J connectivity index is 0. The van der Waals surface area contributed by atoms with E-state index in [9.17, 15) is 0 Å². The fourth-order valence-corrected chi connectivity index (χ4v) is 0. The van der Waals surface area contributed by atoms with Gasteiger partial charge < -0.3 is 9.07 Å². The quantitative estimate of drug-likeness (QED) is 0.443. The van der Waals surface area contributed by atoms with E-state index in [2.05, 4.69) is 13.8 Å². The van der Waals surface area contributed by atoms with E-state index < -0.39 is 0 Å². The Morgan fingerprint density at radius 2 is 1.67 bits per heavy atom. The molecule has 0 spiro atoms. The van der Waals surface area contributed by atoms with Crippen LogP contribution in [0.15, 0.2) is 0 Å². The van der Waals surface area contributed by atoms with Gasteiger partial charge in [0, 0.05) is 0 Å². The van der Waals surface area contributed by atoms with Gasteiger partial charge in [-0.3, -0.25) is 0 Å². The van der Waals surface area contributed by atoms with E-state index in [-0.39, 0.29) is 38.1 Å². The van der Waals surface area contributed by atoms with E-state index in [0.717, 1.165) is 4.05 Å². The Labute approximate surface area is 64.7 Å². The van der Waals surface area contributed by atoms with Gasteiger partial charge in [-0.05, 0) is 0 Å². The van der Waals surface area contributed by atoms with Gasteiger partial charge in [-0.15, -0.1) is 4.05 Å². The summed E-state index contributed by atoms with van der Waals surface area (Å²) in [6.07, 6.45) is 0. The maximum atomic E-state index is 5.48. The van der Waals surface area contributed by atoms with E-state index >= 15 is 0 Å². The number of hydrogen-bond donors (Lipinski definition) is 0. The van der Waals surface area contributed by atoms with Crippen molar-refractivity contribution in [3.05, 3.63) is 0 Å². The Kier molecular flexibility index (Phi) is 11.8. The summed E-state index contributed by atoms with van der Waals surface area (Å²) in [5.74, 6) is 0. The maximum absolute atomic E-state index is 5.48. The first-order valence-electron chi connectivity index (χ1n) is 1.83. The van der Waals surface area contributed by atoms with Crippen molar-refractivity contribution in [2.75, 3.05) is 0 Å². The van der Waals surface area contributed by atoms with Gasteiger partial charge in [0.05, 0.1) is 0 Å². The third-order valence-corrected chi connectivity index (χ3v) is 2.78. The monoisotopic (exact) mass is 110 g/mol. The van der Waals surface area contributed by atoms with Gasteiger partial charge in [-0.25, -0.2) is 0 Å². The molecule has 3 heteroatoms. The van der Waals surface area contributed by atoms with E-state index in [1.807, 2.05) is 0 Å². The average molecular weight is 111 g/mol. The summed E-state index contributed by atoms with van der Waals surface area (Å²) < 4.78 is 0.789. The molecule has 0 aromatic heterocycles. The zero-order valence-electron chi connectivity index (χ0n) is 3.66. The third kappa shape index (κ3) is 9.17. The molecule has 0 aromatic carbocycles. The van der Waals surface area contributed by atoms with Crippen molar-refractivity contribution < 1.29 is 0 Å². The first-order valence-corrected chi connectivity index (χ1v) is 4.78. The molecule has 0 nitrogen and oxygen atoms in total. The molecular weight excluding hydrogens is 103 g/mol. The zero-order valence-corrected chi connectivity index (χ0v) is 5.83. The van der Waals surface area contributed by atoms with Gasteiger partial charge in [0.25, 0.3) is 0 Å². The Bertz CT molecular complexity index is 24.8. The molecule has 0 aliphatic rings. The molecule has 0 heterocycles. The number of rotatable bonds is 1. The van der Waals surface area contributed by atoms with Crippen LogP contribution in [0.5, 0.6) is 0 Å². The number of hydrogen-bond acceptors (Lipinski definition) is 0. The Hall–Kier alpha value is 1.65. The molecule has 0 fully saturated rings. The van der Waals surface area contributed by atoms with Crippen molar-refractivity contribution in [3.63, 3.8) is 0 Å². The molecule has 0 bridgehead atoms. The van der Waals surface area contributed by atoms with Crippen LogP contribution in [0.3, 0.4) is 0 Å². The molecular formula is C3H8ClLiMg. The van der Waals surface area contributed by atoms with Crippen LogP contribution in [-0.2, 0) is 0 Å². The average Bonchev–Trinajstić information content (AvgIpc) is 1.38. The summed E-state index contributed by atoms with van der Waals surface area (Å²) in [5, 5.41) is 0. The van der Waals surface area contributed by atoms with Crippen molar-refractivity contribution in [2.45, 2.75) is 17.9 Å². The van der Waals surface area contributed by atoms with Crippen LogP contribution in [-0.4, -0.2) is 38.1 Å². The summed E-state index contributed by atoms with van der Waals surface area (Å²) in [6.45, 7) is 4.30. The molecule has 0 unspecified atom stereocenters. The van der Waals surface area contributed by atoms with Gasteiger partial charge in [0.15, 0.2) is 0 Å². The first kappa shape index (κ1) is 10.6. The van der Waals surface area contributed by atoms with E-state index in [1.54, 1.807) is 0 Å². The predicted molar refractivity (Wildman–Crippen MR) is 33.9 cm³/mol. The summed E-state index contributed by atoms with van der Waals surface area (Å²) in [4.78, 5) is 0. The fourth-order valence-electron chi connectivity index (χ4n) is 0. The molecule has 0 radical (unpaired) electrons. The molecule has 0 saturated heterocycles. The van der Waals surface area contributed by atoms with E-state index in [0.29, 0.717) is 0 Å². The summed E-state index contributed by atoms with van der Waals surface area (Å²) in [7, 11) is 5.48. The van der Waals surface area contributed by atoms with Gasteiger partial charge in [-0.1, -0.05) is 13.8 Å². The van der Waals surface area contributed by atoms with Crippen molar-refractivity contribution in [1.82, 2.24) is 0 Å². The molecule has 0 amide bonds. The molecule has 0 saturated carbocycles. The van der Waals surface area contributed by atoms with Crippen LogP contribution in [0, 0.1) is 0 Å². The van der Waals surface area contributed by atoms with E-state index in [4.69, 9.17) is 9.07 Å².